The highest BCUT2D eigenvalue weighted by molar-refractivity contribution is 4.98. The van der Waals surface area contributed by atoms with E-state index in [-0.39, 0.29) is 0 Å². The molecule has 0 aromatic carbocycles. The Morgan fingerprint density at radius 1 is 1.50 bits per heavy atom. The zero-order chi connectivity index (χ0) is 8.81. The van der Waals surface area contributed by atoms with Gasteiger partial charge in [-0.25, -0.2) is 0 Å². The molecule has 0 spiro atoms. The molecule has 0 radical (unpaired) electrons. The monoisotopic (exact) mass is 168 g/mol. The van der Waals surface area contributed by atoms with Crippen molar-refractivity contribution in [3.8, 4) is 0 Å². The lowest BCUT2D eigenvalue weighted by atomic mass is 10.4. The number of likely N-dealkylation sites (N-methyl/N-ethyl adjacent to an activating group) is 1. The Balaban J connectivity index is 2.20. The van der Waals surface area contributed by atoms with Crippen LogP contribution in [0, 0.1) is 0 Å². The van der Waals surface area contributed by atoms with E-state index < -0.39 is 0 Å². The molecule has 12 heavy (non-hydrogen) atoms. The van der Waals surface area contributed by atoms with E-state index in [1.54, 1.807) is 0 Å². The standard InChI is InChI=1S/C8H16N4/c1-9-5-6-10-7-8-3-4-11-12(8)2/h3-4,9-10H,5-7H2,1-2H3. The molecular formula is C8H16N4. The molecule has 68 valence electrons. The summed E-state index contributed by atoms with van der Waals surface area (Å²) < 4.78 is 1.88. The SMILES string of the molecule is CNCCNCc1ccnn1C. The lowest BCUT2D eigenvalue weighted by Crippen LogP contribution is -2.25. The van der Waals surface area contributed by atoms with Crippen LogP contribution < -0.4 is 10.6 Å². The normalized spacial score (nSPS) is 10.5. The largest absolute Gasteiger partial charge is 0.318 e. The highest BCUT2D eigenvalue weighted by atomic mass is 15.3. The van der Waals surface area contributed by atoms with Gasteiger partial charge in [0.1, 0.15) is 0 Å². The van der Waals surface area contributed by atoms with E-state index in [2.05, 4.69) is 15.7 Å². The van der Waals surface area contributed by atoms with Gasteiger partial charge in [-0.15, -0.1) is 0 Å². The fraction of sp³-hybridized carbons (Fsp3) is 0.625. The summed E-state index contributed by atoms with van der Waals surface area (Å²) in [4.78, 5) is 0. The summed E-state index contributed by atoms with van der Waals surface area (Å²) in [7, 11) is 3.90. The summed E-state index contributed by atoms with van der Waals surface area (Å²) in [6.45, 7) is 2.87. The predicted molar refractivity (Wildman–Crippen MR) is 48.8 cm³/mol. The molecule has 0 aliphatic rings. The van der Waals surface area contributed by atoms with E-state index in [9.17, 15) is 0 Å². The quantitative estimate of drug-likeness (QED) is 0.595. The van der Waals surface area contributed by atoms with Gasteiger partial charge in [0.15, 0.2) is 0 Å². The van der Waals surface area contributed by atoms with Crippen LogP contribution in [-0.4, -0.2) is 29.9 Å². The van der Waals surface area contributed by atoms with Crippen LogP contribution in [0.3, 0.4) is 0 Å². The van der Waals surface area contributed by atoms with Crippen molar-refractivity contribution in [3.05, 3.63) is 18.0 Å². The maximum absolute atomic E-state index is 4.08. The van der Waals surface area contributed by atoms with Crippen molar-refractivity contribution in [2.75, 3.05) is 20.1 Å². The van der Waals surface area contributed by atoms with Crippen molar-refractivity contribution in [2.24, 2.45) is 7.05 Å². The molecule has 0 saturated heterocycles. The number of hydrogen-bond acceptors (Lipinski definition) is 3. The molecule has 0 atom stereocenters. The van der Waals surface area contributed by atoms with Crippen LogP contribution in [0.5, 0.6) is 0 Å². The molecule has 2 N–H and O–H groups in total. The highest BCUT2D eigenvalue weighted by Gasteiger charge is 1.95. The molecule has 1 rings (SSSR count). The Hall–Kier alpha value is -0.870. The third kappa shape index (κ3) is 2.64. The van der Waals surface area contributed by atoms with E-state index >= 15 is 0 Å². The van der Waals surface area contributed by atoms with Crippen LogP contribution in [0.4, 0.5) is 0 Å². The topological polar surface area (TPSA) is 41.9 Å². The molecule has 0 amide bonds. The van der Waals surface area contributed by atoms with Gasteiger partial charge in [0.05, 0.1) is 5.69 Å². The Bertz CT molecular complexity index is 219. The smallest absolute Gasteiger partial charge is 0.0518 e. The number of rotatable bonds is 5. The zero-order valence-corrected chi connectivity index (χ0v) is 7.67. The Morgan fingerprint density at radius 3 is 2.92 bits per heavy atom. The van der Waals surface area contributed by atoms with Crippen LogP contribution in [0.25, 0.3) is 0 Å². The van der Waals surface area contributed by atoms with Crippen LogP contribution >= 0.6 is 0 Å². The average molecular weight is 168 g/mol. The van der Waals surface area contributed by atoms with Crippen LogP contribution in [0.15, 0.2) is 12.3 Å². The second-order valence-electron chi connectivity index (χ2n) is 2.73. The summed E-state index contributed by atoms with van der Waals surface area (Å²) in [5.41, 5.74) is 1.21. The predicted octanol–water partition coefficient (Wildman–Crippen LogP) is -0.271. The van der Waals surface area contributed by atoms with Crippen molar-refractivity contribution in [1.82, 2.24) is 20.4 Å². The number of aryl methyl sites for hydroxylation is 1. The first-order chi connectivity index (χ1) is 5.84. The van der Waals surface area contributed by atoms with Crippen molar-refractivity contribution < 1.29 is 0 Å². The summed E-state index contributed by atoms with van der Waals surface area (Å²) >= 11 is 0. The lowest BCUT2D eigenvalue weighted by Gasteiger charge is -2.03. The van der Waals surface area contributed by atoms with Gasteiger partial charge < -0.3 is 10.6 Å². The molecule has 4 nitrogen and oxygen atoms in total. The molecule has 4 heteroatoms. The van der Waals surface area contributed by atoms with Crippen molar-refractivity contribution in [1.29, 1.82) is 0 Å². The van der Waals surface area contributed by atoms with Crippen molar-refractivity contribution in [2.45, 2.75) is 6.54 Å². The Kier molecular flexibility index (Phi) is 3.76. The van der Waals surface area contributed by atoms with Gasteiger partial charge in [-0.05, 0) is 13.1 Å². The van der Waals surface area contributed by atoms with E-state index in [0.29, 0.717) is 0 Å². The minimum absolute atomic E-state index is 0.887. The van der Waals surface area contributed by atoms with E-state index in [1.165, 1.54) is 5.69 Å². The van der Waals surface area contributed by atoms with E-state index in [1.807, 2.05) is 31.0 Å². The first kappa shape index (κ1) is 9.22. The zero-order valence-electron chi connectivity index (χ0n) is 7.67. The van der Waals surface area contributed by atoms with E-state index in [0.717, 1.165) is 19.6 Å². The third-order valence-electron chi connectivity index (χ3n) is 1.78. The molecule has 0 saturated carbocycles. The van der Waals surface area contributed by atoms with Gasteiger partial charge >= 0.3 is 0 Å². The molecule has 0 aliphatic carbocycles. The van der Waals surface area contributed by atoms with Crippen LogP contribution in [0.1, 0.15) is 5.69 Å². The van der Waals surface area contributed by atoms with Crippen LogP contribution in [0.2, 0.25) is 0 Å². The van der Waals surface area contributed by atoms with Crippen molar-refractivity contribution >= 4 is 0 Å². The lowest BCUT2D eigenvalue weighted by molar-refractivity contribution is 0.609. The van der Waals surface area contributed by atoms with Gasteiger partial charge in [0.2, 0.25) is 0 Å². The molecule has 0 fully saturated rings. The van der Waals surface area contributed by atoms with Gasteiger partial charge in [0.25, 0.3) is 0 Å². The Labute approximate surface area is 73.0 Å². The van der Waals surface area contributed by atoms with Crippen molar-refractivity contribution in [3.63, 3.8) is 0 Å². The van der Waals surface area contributed by atoms with Gasteiger partial charge in [-0.2, -0.15) is 5.10 Å². The molecule has 0 bridgehead atoms. The molecule has 1 aromatic rings. The minimum Gasteiger partial charge on any atom is -0.318 e. The summed E-state index contributed by atoms with van der Waals surface area (Å²) in [5.74, 6) is 0. The maximum Gasteiger partial charge on any atom is 0.0518 e. The second kappa shape index (κ2) is 4.90. The average Bonchev–Trinajstić information content (AvgIpc) is 2.46. The fourth-order valence-corrected chi connectivity index (χ4v) is 1.00. The highest BCUT2D eigenvalue weighted by Crippen LogP contribution is 1.93. The fourth-order valence-electron chi connectivity index (χ4n) is 1.00. The molecular weight excluding hydrogens is 152 g/mol. The molecule has 1 heterocycles. The number of nitrogens with one attached hydrogen (secondary N) is 2. The second-order valence-corrected chi connectivity index (χ2v) is 2.73. The first-order valence-electron chi connectivity index (χ1n) is 4.17. The maximum atomic E-state index is 4.08. The van der Waals surface area contributed by atoms with Gasteiger partial charge in [-0.3, -0.25) is 4.68 Å². The van der Waals surface area contributed by atoms with Crippen LogP contribution in [-0.2, 0) is 13.6 Å². The summed E-state index contributed by atoms with van der Waals surface area (Å²) in [6.07, 6.45) is 1.81. The van der Waals surface area contributed by atoms with Gasteiger partial charge in [-0.1, -0.05) is 0 Å². The van der Waals surface area contributed by atoms with E-state index in [4.69, 9.17) is 0 Å². The third-order valence-corrected chi connectivity index (χ3v) is 1.78. The number of hydrogen-bond donors (Lipinski definition) is 2. The molecule has 0 aliphatic heterocycles. The summed E-state index contributed by atoms with van der Waals surface area (Å²) in [5, 5.41) is 10.5. The number of aromatic nitrogens is 2. The first-order valence-corrected chi connectivity index (χ1v) is 4.17. The Morgan fingerprint density at radius 2 is 2.33 bits per heavy atom. The molecule has 1 aromatic heterocycles. The summed E-state index contributed by atoms with van der Waals surface area (Å²) in [6, 6.07) is 2.02. The van der Waals surface area contributed by atoms with Gasteiger partial charge in [0, 0.05) is 32.9 Å². The molecule has 0 unspecified atom stereocenters. The number of nitrogens with zero attached hydrogens (tertiary/aromatic N) is 2. The minimum atomic E-state index is 0.887.